The van der Waals surface area contributed by atoms with E-state index in [2.05, 4.69) is 5.32 Å². The minimum Gasteiger partial charge on any atom is -0.508 e. The highest BCUT2D eigenvalue weighted by Gasteiger charge is 2.12. The lowest BCUT2D eigenvalue weighted by Crippen LogP contribution is -2.19. The van der Waals surface area contributed by atoms with Gasteiger partial charge >= 0.3 is 0 Å². The Morgan fingerprint density at radius 3 is 2.57 bits per heavy atom. The SMILES string of the molecule is CNC(=O)c1ccc(O)cc1C(C)C. The van der Waals surface area contributed by atoms with Crippen LogP contribution in [-0.4, -0.2) is 18.1 Å². The summed E-state index contributed by atoms with van der Waals surface area (Å²) in [5, 5.41) is 11.9. The van der Waals surface area contributed by atoms with E-state index in [1.165, 1.54) is 6.07 Å². The Labute approximate surface area is 83.8 Å². The van der Waals surface area contributed by atoms with Crippen LogP contribution in [0.25, 0.3) is 0 Å². The van der Waals surface area contributed by atoms with Crippen molar-refractivity contribution in [2.45, 2.75) is 19.8 Å². The van der Waals surface area contributed by atoms with E-state index >= 15 is 0 Å². The summed E-state index contributed by atoms with van der Waals surface area (Å²) in [5.74, 6) is 0.296. The first-order chi connectivity index (χ1) is 6.56. The van der Waals surface area contributed by atoms with E-state index in [1.807, 2.05) is 13.8 Å². The van der Waals surface area contributed by atoms with Crippen molar-refractivity contribution in [1.29, 1.82) is 0 Å². The van der Waals surface area contributed by atoms with Crippen LogP contribution in [0.1, 0.15) is 35.7 Å². The number of hydrogen-bond donors (Lipinski definition) is 2. The van der Waals surface area contributed by atoms with Gasteiger partial charge in [-0.2, -0.15) is 0 Å². The van der Waals surface area contributed by atoms with Crippen molar-refractivity contribution >= 4 is 5.91 Å². The first kappa shape index (κ1) is 10.6. The molecular formula is C11H15NO2. The summed E-state index contributed by atoms with van der Waals surface area (Å²) < 4.78 is 0. The summed E-state index contributed by atoms with van der Waals surface area (Å²) in [7, 11) is 1.60. The number of aromatic hydroxyl groups is 1. The first-order valence-electron chi connectivity index (χ1n) is 4.61. The third-order valence-electron chi connectivity index (χ3n) is 2.13. The van der Waals surface area contributed by atoms with Crippen molar-refractivity contribution < 1.29 is 9.90 Å². The number of rotatable bonds is 2. The van der Waals surface area contributed by atoms with Gasteiger partial charge in [-0.3, -0.25) is 4.79 Å². The fraction of sp³-hybridized carbons (Fsp3) is 0.364. The van der Waals surface area contributed by atoms with Crippen LogP contribution in [0.3, 0.4) is 0 Å². The van der Waals surface area contributed by atoms with Gasteiger partial charge in [0.1, 0.15) is 5.75 Å². The first-order valence-corrected chi connectivity index (χ1v) is 4.61. The maximum atomic E-state index is 11.5. The molecule has 1 rings (SSSR count). The normalized spacial score (nSPS) is 10.3. The molecule has 1 aromatic carbocycles. The van der Waals surface area contributed by atoms with Gasteiger partial charge in [-0.15, -0.1) is 0 Å². The quantitative estimate of drug-likeness (QED) is 0.753. The zero-order valence-corrected chi connectivity index (χ0v) is 8.66. The average Bonchev–Trinajstić information content (AvgIpc) is 2.16. The molecule has 0 aliphatic rings. The molecule has 0 atom stereocenters. The molecule has 0 saturated heterocycles. The zero-order valence-electron chi connectivity index (χ0n) is 8.66. The number of benzene rings is 1. The molecule has 3 heteroatoms. The lowest BCUT2D eigenvalue weighted by atomic mass is 9.96. The lowest BCUT2D eigenvalue weighted by molar-refractivity contribution is 0.0962. The Bertz CT molecular complexity index is 345. The predicted octanol–water partition coefficient (Wildman–Crippen LogP) is 1.88. The molecule has 3 nitrogen and oxygen atoms in total. The van der Waals surface area contributed by atoms with Gasteiger partial charge in [0.25, 0.3) is 5.91 Å². The number of phenolic OH excluding ortho intramolecular Hbond substituents is 1. The van der Waals surface area contributed by atoms with Crippen LogP contribution in [0.15, 0.2) is 18.2 Å². The van der Waals surface area contributed by atoms with Crippen molar-refractivity contribution in [2.75, 3.05) is 7.05 Å². The predicted molar refractivity (Wildman–Crippen MR) is 55.6 cm³/mol. The van der Waals surface area contributed by atoms with Crippen molar-refractivity contribution in [1.82, 2.24) is 5.32 Å². The second-order valence-corrected chi connectivity index (χ2v) is 3.51. The zero-order chi connectivity index (χ0) is 10.7. The number of carbonyl (C=O) groups is 1. The molecule has 1 aromatic rings. The van der Waals surface area contributed by atoms with Gasteiger partial charge in [-0.05, 0) is 29.7 Å². The minimum atomic E-state index is -0.117. The number of amides is 1. The van der Waals surface area contributed by atoms with Gasteiger partial charge in [0.15, 0.2) is 0 Å². The van der Waals surface area contributed by atoms with E-state index in [-0.39, 0.29) is 17.6 Å². The van der Waals surface area contributed by atoms with E-state index < -0.39 is 0 Å². The molecule has 2 N–H and O–H groups in total. The second kappa shape index (κ2) is 4.13. The van der Waals surface area contributed by atoms with Crippen LogP contribution in [0.4, 0.5) is 0 Å². The Morgan fingerprint density at radius 2 is 2.07 bits per heavy atom. The van der Waals surface area contributed by atoms with Gasteiger partial charge in [0, 0.05) is 12.6 Å². The third-order valence-corrected chi connectivity index (χ3v) is 2.13. The van der Waals surface area contributed by atoms with Gasteiger partial charge in [0.05, 0.1) is 0 Å². The Kier molecular flexibility index (Phi) is 3.12. The van der Waals surface area contributed by atoms with Gasteiger partial charge in [0.2, 0.25) is 0 Å². The van der Waals surface area contributed by atoms with E-state index in [9.17, 15) is 9.90 Å². The molecule has 0 aromatic heterocycles. The molecule has 76 valence electrons. The standard InChI is InChI=1S/C11H15NO2/c1-7(2)10-6-8(13)4-5-9(10)11(14)12-3/h4-7,13H,1-3H3,(H,12,14). The fourth-order valence-electron chi connectivity index (χ4n) is 1.37. The van der Waals surface area contributed by atoms with Crippen LogP contribution in [0.2, 0.25) is 0 Å². The molecule has 0 spiro atoms. The second-order valence-electron chi connectivity index (χ2n) is 3.51. The smallest absolute Gasteiger partial charge is 0.251 e. The van der Waals surface area contributed by atoms with Crippen LogP contribution >= 0.6 is 0 Å². The Hall–Kier alpha value is -1.51. The molecular weight excluding hydrogens is 178 g/mol. The number of phenols is 1. The Morgan fingerprint density at radius 1 is 1.43 bits per heavy atom. The maximum Gasteiger partial charge on any atom is 0.251 e. The molecule has 0 saturated carbocycles. The van der Waals surface area contributed by atoms with Crippen LogP contribution in [-0.2, 0) is 0 Å². The highest BCUT2D eigenvalue weighted by atomic mass is 16.3. The highest BCUT2D eigenvalue weighted by molar-refractivity contribution is 5.95. The van der Waals surface area contributed by atoms with Crippen LogP contribution in [0.5, 0.6) is 5.75 Å². The number of carbonyl (C=O) groups excluding carboxylic acids is 1. The largest absolute Gasteiger partial charge is 0.508 e. The van der Waals surface area contributed by atoms with E-state index in [4.69, 9.17) is 0 Å². The molecule has 14 heavy (non-hydrogen) atoms. The number of nitrogens with one attached hydrogen (secondary N) is 1. The van der Waals surface area contributed by atoms with E-state index in [0.717, 1.165) is 5.56 Å². The summed E-state index contributed by atoms with van der Waals surface area (Å²) in [4.78, 5) is 11.5. The monoisotopic (exact) mass is 193 g/mol. The summed E-state index contributed by atoms with van der Waals surface area (Å²) in [6, 6.07) is 4.80. The van der Waals surface area contributed by atoms with Crippen molar-refractivity contribution in [3.05, 3.63) is 29.3 Å². The molecule has 0 heterocycles. The van der Waals surface area contributed by atoms with Gasteiger partial charge < -0.3 is 10.4 Å². The lowest BCUT2D eigenvalue weighted by Gasteiger charge is -2.11. The molecule has 0 aliphatic carbocycles. The number of hydrogen-bond acceptors (Lipinski definition) is 2. The van der Waals surface area contributed by atoms with Gasteiger partial charge in [-0.25, -0.2) is 0 Å². The van der Waals surface area contributed by atoms with Crippen molar-refractivity contribution in [2.24, 2.45) is 0 Å². The summed E-state index contributed by atoms with van der Waals surface area (Å²) in [5.41, 5.74) is 1.49. The highest BCUT2D eigenvalue weighted by Crippen LogP contribution is 2.23. The van der Waals surface area contributed by atoms with Crippen molar-refractivity contribution in [3.8, 4) is 5.75 Å². The average molecular weight is 193 g/mol. The maximum absolute atomic E-state index is 11.5. The molecule has 0 radical (unpaired) electrons. The molecule has 1 amide bonds. The fourth-order valence-corrected chi connectivity index (χ4v) is 1.37. The third kappa shape index (κ3) is 2.05. The molecule has 0 aliphatic heterocycles. The Balaban J connectivity index is 3.21. The summed E-state index contributed by atoms with van der Waals surface area (Å²) in [6.07, 6.45) is 0. The van der Waals surface area contributed by atoms with E-state index in [1.54, 1.807) is 19.2 Å². The molecule has 0 fully saturated rings. The van der Waals surface area contributed by atoms with Gasteiger partial charge in [-0.1, -0.05) is 13.8 Å². The topological polar surface area (TPSA) is 49.3 Å². The molecule has 0 bridgehead atoms. The molecule has 0 unspecified atom stereocenters. The van der Waals surface area contributed by atoms with Crippen LogP contribution < -0.4 is 5.32 Å². The minimum absolute atomic E-state index is 0.117. The summed E-state index contributed by atoms with van der Waals surface area (Å²) in [6.45, 7) is 3.97. The van der Waals surface area contributed by atoms with Crippen LogP contribution in [0, 0.1) is 0 Å². The van der Waals surface area contributed by atoms with Crippen molar-refractivity contribution in [3.63, 3.8) is 0 Å². The van der Waals surface area contributed by atoms with E-state index in [0.29, 0.717) is 5.56 Å². The summed E-state index contributed by atoms with van der Waals surface area (Å²) >= 11 is 0.